The predicted octanol–water partition coefficient (Wildman–Crippen LogP) is 4.26. The van der Waals surface area contributed by atoms with Crippen molar-refractivity contribution in [3.8, 4) is 0 Å². The number of halogens is 2. The Labute approximate surface area is 127 Å². The van der Waals surface area contributed by atoms with E-state index in [-0.39, 0.29) is 32.3 Å². The fourth-order valence-electron chi connectivity index (χ4n) is 1.93. The minimum Gasteiger partial charge on any atom is -0.478 e. The van der Waals surface area contributed by atoms with Crippen LogP contribution in [0.3, 0.4) is 0 Å². The molecule has 0 fully saturated rings. The average Bonchev–Trinajstić information content (AvgIpc) is 2.40. The van der Waals surface area contributed by atoms with E-state index >= 15 is 0 Å². The topological polar surface area (TPSA) is 80.6 Å². The second kappa shape index (κ2) is 4.95. The lowest BCUT2D eigenvalue weighted by molar-refractivity contribution is 0.0589. The molecule has 0 aliphatic carbocycles. The van der Waals surface area contributed by atoms with Crippen LogP contribution < -0.4 is 0 Å². The highest BCUT2D eigenvalue weighted by Crippen LogP contribution is 2.33. The molecule has 7 heteroatoms. The molecular weight excluding hydrogens is 319 g/mol. The highest BCUT2D eigenvalue weighted by atomic mass is 35.5. The van der Waals surface area contributed by atoms with Crippen molar-refractivity contribution >= 4 is 46.1 Å². The summed E-state index contributed by atoms with van der Waals surface area (Å²) in [6.07, 6.45) is 0. The van der Waals surface area contributed by atoms with Crippen molar-refractivity contribution in [2.75, 3.05) is 0 Å². The normalized spacial score (nSPS) is 11.0. The third-order valence-electron chi connectivity index (χ3n) is 2.99. The quantitative estimate of drug-likeness (QED) is 0.575. The van der Waals surface area contributed by atoms with Gasteiger partial charge in [-0.15, -0.1) is 0 Å². The lowest BCUT2D eigenvalue weighted by atomic mass is 10.0. The molecule has 3 aromatic rings. The van der Waals surface area contributed by atoms with Crippen LogP contribution in [-0.2, 0) is 0 Å². The zero-order chi connectivity index (χ0) is 15.1. The second-order valence-corrected chi connectivity index (χ2v) is 4.98. The molecule has 0 amide bonds. The third kappa shape index (κ3) is 2.11. The Morgan fingerprint density at radius 2 is 1.57 bits per heavy atom. The first kappa shape index (κ1) is 13.7. The molecule has 106 valence electrons. The summed E-state index contributed by atoms with van der Waals surface area (Å²) in [6, 6.07) is 7.20. The van der Waals surface area contributed by atoms with E-state index in [0.717, 1.165) is 0 Å². The lowest BCUT2D eigenvalue weighted by Crippen LogP contribution is -2.07. The fourth-order valence-corrected chi connectivity index (χ4v) is 2.49. The van der Waals surface area contributed by atoms with E-state index < -0.39 is 11.8 Å². The van der Waals surface area contributed by atoms with Crippen LogP contribution in [-0.4, -0.2) is 16.9 Å². The summed E-state index contributed by atoms with van der Waals surface area (Å²) < 4.78 is 9.39. The van der Waals surface area contributed by atoms with Crippen molar-refractivity contribution in [1.82, 2.24) is 0 Å². The van der Waals surface area contributed by atoms with Gasteiger partial charge in [0.15, 0.2) is 5.78 Å². The summed E-state index contributed by atoms with van der Waals surface area (Å²) in [6.45, 7) is 0. The number of hydrogen-bond acceptors (Lipinski definition) is 4. The summed E-state index contributed by atoms with van der Waals surface area (Å²) in [4.78, 5) is 23.5. The summed E-state index contributed by atoms with van der Waals surface area (Å²) in [7, 11) is 0. The SMILES string of the molecule is O=C(O)c1cccc(C(=O)c2ccc3ooc3c2Cl)c1Cl. The second-order valence-electron chi connectivity index (χ2n) is 4.22. The van der Waals surface area contributed by atoms with Crippen molar-refractivity contribution in [2.24, 2.45) is 0 Å². The first-order valence-electron chi connectivity index (χ1n) is 5.74. The van der Waals surface area contributed by atoms with E-state index in [2.05, 4.69) is 4.58 Å². The zero-order valence-electron chi connectivity index (χ0n) is 10.2. The Hall–Kier alpha value is -2.24. The van der Waals surface area contributed by atoms with E-state index in [1.165, 1.54) is 30.3 Å². The molecule has 1 heterocycles. The maximum Gasteiger partial charge on any atom is 0.337 e. The zero-order valence-corrected chi connectivity index (χ0v) is 11.7. The van der Waals surface area contributed by atoms with E-state index in [1.807, 2.05) is 0 Å². The van der Waals surface area contributed by atoms with Gasteiger partial charge in [-0.25, -0.2) is 4.79 Å². The van der Waals surface area contributed by atoms with E-state index in [1.54, 1.807) is 0 Å². The Bertz CT molecular complexity index is 875. The van der Waals surface area contributed by atoms with Gasteiger partial charge in [0.25, 0.3) is 0 Å². The molecule has 1 N–H and O–H groups in total. The number of carboxylic acids is 1. The van der Waals surface area contributed by atoms with Crippen LogP contribution in [0.5, 0.6) is 0 Å². The Morgan fingerprint density at radius 1 is 0.905 bits per heavy atom. The molecular formula is C14H6Cl2O5. The molecule has 5 nitrogen and oxygen atoms in total. The summed E-state index contributed by atoms with van der Waals surface area (Å²) in [5, 5.41) is 8.99. The molecule has 0 saturated carbocycles. The van der Waals surface area contributed by atoms with Gasteiger partial charge >= 0.3 is 5.97 Å². The number of hydrogen-bond donors (Lipinski definition) is 1. The number of carboxylic acid groups (broad SMARTS) is 1. The van der Waals surface area contributed by atoms with E-state index in [0.29, 0.717) is 5.58 Å². The predicted molar refractivity (Wildman–Crippen MR) is 75.3 cm³/mol. The molecule has 3 rings (SSSR count). The molecule has 0 aliphatic heterocycles. The number of rotatable bonds is 3. The highest BCUT2D eigenvalue weighted by molar-refractivity contribution is 6.41. The number of ketones is 1. The minimum absolute atomic E-state index is 0.0543. The Morgan fingerprint density at radius 3 is 2.19 bits per heavy atom. The maximum absolute atomic E-state index is 12.5. The van der Waals surface area contributed by atoms with Crippen LogP contribution in [0.4, 0.5) is 0 Å². The minimum atomic E-state index is -1.21. The number of fused-ring (bicyclic) bond motifs is 1. The van der Waals surface area contributed by atoms with Gasteiger partial charge in [-0.05, 0) is 24.3 Å². The molecule has 21 heavy (non-hydrogen) atoms. The van der Waals surface area contributed by atoms with Gasteiger partial charge in [-0.3, -0.25) is 13.9 Å². The van der Waals surface area contributed by atoms with Gasteiger partial charge in [0, 0.05) is 11.1 Å². The van der Waals surface area contributed by atoms with Crippen LogP contribution in [0.15, 0.2) is 39.5 Å². The number of aromatic carboxylic acids is 1. The highest BCUT2D eigenvalue weighted by Gasteiger charge is 2.23. The summed E-state index contributed by atoms with van der Waals surface area (Å²) in [5.74, 6) is -1.71. The van der Waals surface area contributed by atoms with Gasteiger partial charge in [0.1, 0.15) is 5.02 Å². The summed E-state index contributed by atoms with van der Waals surface area (Å²) >= 11 is 12.0. The molecule has 0 aliphatic rings. The van der Waals surface area contributed by atoms with Crippen molar-refractivity contribution in [3.63, 3.8) is 0 Å². The van der Waals surface area contributed by atoms with Gasteiger partial charge in [0.05, 0.1) is 10.6 Å². The Balaban J connectivity index is 2.13. The molecule has 0 atom stereocenters. The molecule has 0 saturated heterocycles. The Kier molecular flexibility index (Phi) is 3.23. The molecule has 0 spiro atoms. The van der Waals surface area contributed by atoms with Crippen molar-refractivity contribution < 1.29 is 23.8 Å². The van der Waals surface area contributed by atoms with Crippen LogP contribution in [0, 0.1) is 0 Å². The van der Waals surface area contributed by atoms with Crippen LogP contribution in [0.1, 0.15) is 26.3 Å². The van der Waals surface area contributed by atoms with E-state index in [4.69, 9.17) is 32.9 Å². The molecule has 1 aromatic heterocycles. The van der Waals surface area contributed by atoms with E-state index in [9.17, 15) is 9.59 Å². The summed E-state index contributed by atoms with van der Waals surface area (Å²) in [5.41, 5.74) is 0.763. The lowest BCUT2D eigenvalue weighted by Gasteiger charge is -2.09. The van der Waals surface area contributed by atoms with Crippen molar-refractivity contribution in [2.45, 2.75) is 0 Å². The van der Waals surface area contributed by atoms with Crippen LogP contribution >= 0.6 is 23.2 Å². The van der Waals surface area contributed by atoms with Gasteiger partial charge < -0.3 is 5.11 Å². The maximum atomic E-state index is 12.5. The smallest absolute Gasteiger partial charge is 0.337 e. The largest absolute Gasteiger partial charge is 0.478 e. The first-order valence-corrected chi connectivity index (χ1v) is 6.50. The molecule has 0 bridgehead atoms. The molecule has 0 unspecified atom stereocenters. The van der Waals surface area contributed by atoms with Gasteiger partial charge in [-0.1, -0.05) is 29.3 Å². The van der Waals surface area contributed by atoms with Crippen molar-refractivity contribution in [3.05, 3.63) is 57.1 Å². The number of carbonyl (C=O) groups excluding carboxylic acids is 1. The fraction of sp³-hybridized carbons (Fsp3) is 0. The third-order valence-corrected chi connectivity index (χ3v) is 3.78. The molecule has 0 radical (unpaired) electrons. The van der Waals surface area contributed by atoms with Gasteiger partial charge in [0.2, 0.25) is 11.2 Å². The van der Waals surface area contributed by atoms with Crippen LogP contribution in [0.2, 0.25) is 10.0 Å². The first-order chi connectivity index (χ1) is 10.0. The van der Waals surface area contributed by atoms with Crippen LogP contribution in [0.25, 0.3) is 11.2 Å². The number of benzene rings is 2. The van der Waals surface area contributed by atoms with Crippen molar-refractivity contribution in [1.29, 1.82) is 0 Å². The number of carbonyl (C=O) groups is 2. The monoisotopic (exact) mass is 324 g/mol. The molecule has 2 aromatic carbocycles. The van der Waals surface area contributed by atoms with Gasteiger partial charge in [-0.2, -0.15) is 0 Å². The standard InChI is InChI=1S/C14H6Cl2O5/c15-10-6(2-1-3-8(10)14(18)19)12(17)7-4-5-9-13(11(7)16)21-20-9/h1-5H,(H,18,19). The average molecular weight is 325 g/mol.